The van der Waals surface area contributed by atoms with Crippen LogP contribution in [0.1, 0.15) is 16.3 Å². The molecule has 0 aliphatic heterocycles. The monoisotopic (exact) mass is 321 g/mol. The summed E-state index contributed by atoms with van der Waals surface area (Å²) in [5.74, 6) is 7.63. The van der Waals surface area contributed by atoms with Gasteiger partial charge < -0.3 is 9.99 Å². The predicted octanol–water partition coefficient (Wildman–Crippen LogP) is 2.01. The van der Waals surface area contributed by atoms with Gasteiger partial charge in [0.2, 0.25) is 0 Å². The number of thiophene rings is 1. The number of anilines is 1. The van der Waals surface area contributed by atoms with Crippen molar-refractivity contribution in [3.8, 4) is 0 Å². The fraction of sp³-hybridized carbons (Fsp3) is 0.333. The second kappa shape index (κ2) is 5.58. The number of hydrogen-bond donors (Lipinski definition) is 2. The van der Waals surface area contributed by atoms with Crippen molar-refractivity contribution in [3.05, 3.63) is 22.6 Å². The van der Waals surface area contributed by atoms with Gasteiger partial charge in [0.25, 0.3) is 0 Å². The standard InChI is InChI=1S/C12H15N7S2/c1-6-7(2)21-11-9(6)10(17-13)15-8(16-11)4-20-12-18-14-5-19(12)3/h5H,4,13H2,1-3H3,(H,15,16,17). The Kier molecular flexibility index (Phi) is 3.79. The molecular formula is C12H15N7S2. The second-order valence-electron chi connectivity index (χ2n) is 4.61. The van der Waals surface area contributed by atoms with E-state index in [-0.39, 0.29) is 0 Å². The Morgan fingerprint density at radius 3 is 2.86 bits per heavy atom. The molecule has 0 radical (unpaired) electrons. The summed E-state index contributed by atoms with van der Waals surface area (Å²) in [5.41, 5.74) is 3.86. The van der Waals surface area contributed by atoms with Crippen LogP contribution in [0, 0.1) is 13.8 Å². The first-order chi connectivity index (χ1) is 10.1. The van der Waals surface area contributed by atoms with E-state index in [1.165, 1.54) is 10.4 Å². The summed E-state index contributed by atoms with van der Waals surface area (Å²) in [6, 6.07) is 0. The van der Waals surface area contributed by atoms with Gasteiger partial charge in [-0.3, -0.25) is 0 Å². The summed E-state index contributed by atoms with van der Waals surface area (Å²) in [4.78, 5) is 11.3. The summed E-state index contributed by atoms with van der Waals surface area (Å²) in [7, 11) is 1.91. The largest absolute Gasteiger partial charge is 0.312 e. The van der Waals surface area contributed by atoms with Gasteiger partial charge in [-0.2, -0.15) is 0 Å². The maximum atomic E-state index is 5.61. The van der Waals surface area contributed by atoms with Crippen LogP contribution in [-0.4, -0.2) is 24.7 Å². The van der Waals surface area contributed by atoms with Crippen LogP contribution in [0.2, 0.25) is 0 Å². The fourth-order valence-corrected chi connectivity index (χ4v) is 3.79. The lowest BCUT2D eigenvalue weighted by atomic mass is 10.2. The van der Waals surface area contributed by atoms with Gasteiger partial charge in [-0.05, 0) is 19.4 Å². The smallest absolute Gasteiger partial charge is 0.191 e. The first-order valence-electron chi connectivity index (χ1n) is 6.30. The highest BCUT2D eigenvalue weighted by Gasteiger charge is 2.14. The highest BCUT2D eigenvalue weighted by molar-refractivity contribution is 7.98. The fourth-order valence-electron chi connectivity index (χ4n) is 2.00. The predicted molar refractivity (Wildman–Crippen MR) is 85.3 cm³/mol. The maximum absolute atomic E-state index is 5.61. The first-order valence-corrected chi connectivity index (χ1v) is 8.10. The van der Waals surface area contributed by atoms with Crippen molar-refractivity contribution in [2.45, 2.75) is 24.8 Å². The molecule has 3 N–H and O–H groups in total. The lowest BCUT2D eigenvalue weighted by molar-refractivity contribution is 0.787. The lowest BCUT2D eigenvalue weighted by Gasteiger charge is -2.06. The van der Waals surface area contributed by atoms with Crippen LogP contribution in [-0.2, 0) is 12.8 Å². The Bertz CT molecular complexity index is 792. The van der Waals surface area contributed by atoms with E-state index in [1.54, 1.807) is 29.4 Å². The highest BCUT2D eigenvalue weighted by atomic mass is 32.2. The molecule has 9 heteroatoms. The van der Waals surface area contributed by atoms with E-state index in [9.17, 15) is 0 Å². The molecule has 3 aromatic rings. The third kappa shape index (κ3) is 2.59. The van der Waals surface area contributed by atoms with Crippen molar-refractivity contribution in [2.75, 3.05) is 5.43 Å². The molecule has 3 heterocycles. The number of aromatic nitrogens is 5. The molecule has 21 heavy (non-hydrogen) atoms. The molecular weight excluding hydrogens is 306 g/mol. The number of nitrogens with two attached hydrogens (primary N) is 1. The Morgan fingerprint density at radius 2 is 2.19 bits per heavy atom. The molecule has 0 unspecified atom stereocenters. The lowest BCUT2D eigenvalue weighted by Crippen LogP contribution is -2.11. The number of thioether (sulfide) groups is 1. The number of fused-ring (bicyclic) bond motifs is 1. The third-order valence-electron chi connectivity index (χ3n) is 3.21. The van der Waals surface area contributed by atoms with E-state index in [2.05, 4.69) is 39.4 Å². The van der Waals surface area contributed by atoms with Crippen molar-refractivity contribution in [3.63, 3.8) is 0 Å². The average molecular weight is 321 g/mol. The number of hydrazine groups is 1. The number of aryl methyl sites for hydroxylation is 3. The molecule has 0 atom stereocenters. The minimum atomic E-state index is 0.618. The summed E-state index contributed by atoms with van der Waals surface area (Å²) in [6.07, 6.45) is 1.67. The molecule has 3 rings (SSSR count). The van der Waals surface area contributed by atoms with Crippen LogP contribution < -0.4 is 11.3 Å². The highest BCUT2D eigenvalue weighted by Crippen LogP contribution is 2.33. The topological polar surface area (TPSA) is 94.5 Å². The average Bonchev–Trinajstić information content (AvgIpc) is 3.00. The van der Waals surface area contributed by atoms with E-state index >= 15 is 0 Å². The number of nitrogen functional groups attached to an aromatic ring is 1. The van der Waals surface area contributed by atoms with Crippen LogP contribution in [0.15, 0.2) is 11.5 Å². The van der Waals surface area contributed by atoms with Crippen molar-refractivity contribution in [1.29, 1.82) is 0 Å². The van der Waals surface area contributed by atoms with Crippen LogP contribution >= 0.6 is 23.1 Å². The van der Waals surface area contributed by atoms with Crippen molar-refractivity contribution < 1.29 is 0 Å². The Morgan fingerprint density at radius 1 is 1.38 bits per heavy atom. The van der Waals surface area contributed by atoms with Crippen molar-refractivity contribution in [2.24, 2.45) is 12.9 Å². The van der Waals surface area contributed by atoms with Gasteiger partial charge in [0.1, 0.15) is 17.0 Å². The van der Waals surface area contributed by atoms with Gasteiger partial charge >= 0.3 is 0 Å². The summed E-state index contributed by atoms with van der Waals surface area (Å²) in [6.45, 7) is 4.14. The summed E-state index contributed by atoms with van der Waals surface area (Å²) in [5, 5.41) is 9.73. The van der Waals surface area contributed by atoms with Gasteiger partial charge in [0.05, 0.1) is 11.1 Å². The van der Waals surface area contributed by atoms with Gasteiger partial charge in [0.15, 0.2) is 11.0 Å². The normalized spacial score (nSPS) is 11.2. The number of nitrogens with zero attached hydrogens (tertiary/aromatic N) is 5. The molecule has 110 valence electrons. The zero-order chi connectivity index (χ0) is 15.0. The minimum absolute atomic E-state index is 0.618. The van der Waals surface area contributed by atoms with Crippen LogP contribution in [0.4, 0.5) is 5.82 Å². The van der Waals surface area contributed by atoms with E-state index in [0.717, 1.165) is 21.2 Å². The van der Waals surface area contributed by atoms with E-state index in [4.69, 9.17) is 5.84 Å². The first kappa shape index (κ1) is 14.2. The van der Waals surface area contributed by atoms with E-state index < -0.39 is 0 Å². The van der Waals surface area contributed by atoms with Crippen LogP contribution in [0.25, 0.3) is 10.2 Å². The third-order valence-corrected chi connectivity index (χ3v) is 5.34. The minimum Gasteiger partial charge on any atom is -0.312 e. The molecule has 0 bridgehead atoms. The van der Waals surface area contributed by atoms with Crippen LogP contribution in [0.3, 0.4) is 0 Å². The summed E-state index contributed by atoms with van der Waals surface area (Å²) >= 11 is 3.21. The molecule has 0 spiro atoms. The zero-order valence-corrected chi connectivity index (χ0v) is 13.5. The molecule has 3 aromatic heterocycles. The molecule has 0 amide bonds. The van der Waals surface area contributed by atoms with Gasteiger partial charge in [-0.25, -0.2) is 15.8 Å². The number of nitrogens with one attached hydrogen (secondary N) is 1. The van der Waals surface area contributed by atoms with Crippen molar-refractivity contribution >= 4 is 39.1 Å². The molecule has 7 nitrogen and oxygen atoms in total. The number of hydrogen-bond acceptors (Lipinski definition) is 8. The van der Waals surface area contributed by atoms with Gasteiger partial charge in [0, 0.05) is 11.9 Å². The molecule has 0 saturated carbocycles. The van der Waals surface area contributed by atoms with E-state index in [0.29, 0.717) is 11.6 Å². The quantitative estimate of drug-likeness (QED) is 0.431. The van der Waals surface area contributed by atoms with Crippen molar-refractivity contribution in [1.82, 2.24) is 24.7 Å². The van der Waals surface area contributed by atoms with E-state index in [1.807, 2.05) is 11.6 Å². The summed E-state index contributed by atoms with van der Waals surface area (Å²) < 4.78 is 1.87. The molecule has 0 saturated heterocycles. The SMILES string of the molecule is Cc1sc2nc(CSc3nncn3C)nc(NN)c2c1C. The second-order valence-corrected chi connectivity index (χ2v) is 6.75. The zero-order valence-electron chi connectivity index (χ0n) is 11.9. The Hall–Kier alpha value is -1.71. The maximum Gasteiger partial charge on any atom is 0.191 e. The van der Waals surface area contributed by atoms with Crippen LogP contribution in [0.5, 0.6) is 0 Å². The molecule has 0 aliphatic carbocycles. The Labute approximate surface area is 130 Å². The molecule has 0 aromatic carbocycles. The van der Waals surface area contributed by atoms with Gasteiger partial charge in [-0.1, -0.05) is 11.8 Å². The molecule has 0 aliphatic rings. The number of rotatable bonds is 4. The Balaban J connectivity index is 1.94. The van der Waals surface area contributed by atoms with Gasteiger partial charge in [-0.15, -0.1) is 21.5 Å². The molecule has 0 fully saturated rings.